The van der Waals surface area contributed by atoms with Crippen LogP contribution in [0, 0.1) is 6.92 Å². The molecule has 0 atom stereocenters. The topological polar surface area (TPSA) is 62.8 Å². The summed E-state index contributed by atoms with van der Waals surface area (Å²) in [7, 11) is 4.04. The van der Waals surface area contributed by atoms with Gasteiger partial charge in [-0.25, -0.2) is 0 Å². The fourth-order valence-electron chi connectivity index (χ4n) is 2.32. The summed E-state index contributed by atoms with van der Waals surface area (Å²) in [6.07, 6.45) is 2.80. The third-order valence-electron chi connectivity index (χ3n) is 3.42. The van der Waals surface area contributed by atoms with E-state index in [1.165, 1.54) is 0 Å². The average Bonchev–Trinajstić information content (AvgIpc) is 2.67. The summed E-state index contributed by atoms with van der Waals surface area (Å²) in [5, 5.41) is 2.96. The molecule has 0 aliphatic rings. The van der Waals surface area contributed by atoms with Gasteiger partial charge in [0.1, 0.15) is 5.69 Å². The minimum Gasteiger partial charge on any atom is -0.397 e. The van der Waals surface area contributed by atoms with Gasteiger partial charge in [0.25, 0.3) is 5.91 Å². The second-order valence-corrected chi connectivity index (χ2v) is 5.26. The van der Waals surface area contributed by atoms with E-state index in [1.54, 1.807) is 0 Å². The van der Waals surface area contributed by atoms with Crippen LogP contribution < -0.4 is 11.1 Å². The molecule has 5 nitrogen and oxygen atoms in total. The summed E-state index contributed by atoms with van der Waals surface area (Å²) in [6, 6.07) is 5.74. The summed E-state index contributed by atoms with van der Waals surface area (Å²) in [4.78, 5) is 14.4. The van der Waals surface area contributed by atoms with E-state index in [0.717, 1.165) is 24.0 Å². The lowest BCUT2D eigenvalue weighted by Gasteiger charge is -2.10. The second kappa shape index (κ2) is 5.96. The standard InChI is InChI=1S/C15H22N4O/c1-11-13(16)12-7-4-5-10-19(12)14(11)15(20)17-8-6-9-18(2)3/h4-5,7,10H,6,8-9,16H2,1-3H3,(H,17,20). The predicted molar refractivity (Wildman–Crippen MR) is 82.1 cm³/mol. The number of nitrogens with two attached hydrogens (primary N) is 1. The first-order valence-electron chi connectivity index (χ1n) is 6.80. The third kappa shape index (κ3) is 2.77. The number of pyridine rings is 1. The van der Waals surface area contributed by atoms with Gasteiger partial charge in [-0.15, -0.1) is 0 Å². The van der Waals surface area contributed by atoms with Crippen LogP contribution in [0.5, 0.6) is 0 Å². The van der Waals surface area contributed by atoms with Crippen LogP contribution in [0.2, 0.25) is 0 Å². The van der Waals surface area contributed by atoms with E-state index in [2.05, 4.69) is 10.2 Å². The normalized spacial score (nSPS) is 11.2. The van der Waals surface area contributed by atoms with E-state index >= 15 is 0 Å². The zero-order valence-electron chi connectivity index (χ0n) is 12.3. The first-order chi connectivity index (χ1) is 9.52. The number of carbonyl (C=O) groups is 1. The number of nitrogens with zero attached hydrogens (tertiary/aromatic N) is 2. The van der Waals surface area contributed by atoms with Gasteiger partial charge in [0.05, 0.1) is 11.2 Å². The first kappa shape index (κ1) is 14.4. The molecule has 0 aliphatic carbocycles. The summed E-state index contributed by atoms with van der Waals surface area (Å²) in [6.45, 7) is 3.50. The molecular weight excluding hydrogens is 252 g/mol. The van der Waals surface area contributed by atoms with E-state index in [1.807, 2.05) is 49.8 Å². The van der Waals surface area contributed by atoms with Crippen LogP contribution in [0.4, 0.5) is 5.69 Å². The molecular formula is C15H22N4O. The number of nitrogens with one attached hydrogen (secondary N) is 1. The average molecular weight is 274 g/mol. The molecule has 0 bridgehead atoms. The maximum absolute atomic E-state index is 12.3. The molecule has 20 heavy (non-hydrogen) atoms. The largest absolute Gasteiger partial charge is 0.397 e. The fraction of sp³-hybridized carbons (Fsp3) is 0.400. The molecule has 1 amide bonds. The van der Waals surface area contributed by atoms with Gasteiger partial charge in [-0.3, -0.25) is 4.79 Å². The van der Waals surface area contributed by atoms with Crippen molar-refractivity contribution in [1.29, 1.82) is 0 Å². The Labute approximate surface area is 119 Å². The molecule has 0 unspecified atom stereocenters. The predicted octanol–water partition coefficient (Wildman–Crippen LogP) is 1.51. The molecule has 5 heteroatoms. The number of fused-ring (bicyclic) bond motifs is 1. The summed E-state index contributed by atoms with van der Waals surface area (Å²) < 4.78 is 1.85. The Hall–Kier alpha value is -2.01. The number of nitrogen functional groups attached to an aromatic ring is 1. The van der Waals surface area contributed by atoms with Crippen molar-refractivity contribution >= 4 is 17.1 Å². The Morgan fingerprint density at radius 3 is 2.85 bits per heavy atom. The zero-order chi connectivity index (χ0) is 14.7. The second-order valence-electron chi connectivity index (χ2n) is 5.26. The minimum atomic E-state index is -0.0702. The number of hydrogen-bond donors (Lipinski definition) is 2. The van der Waals surface area contributed by atoms with Crippen molar-refractivity contribution in [1.82, 2.24) is 14.6 Å². The van der Waals surface area contributed by atoms with Gasteiger partial charge in [0.15, 0.2) is 0 Å². The highest BCUT2D eigenvalue weighted by Gasteiger charge is 2.18. The smallest absolute Gasteiger partial charge is 0.268 e. The molecule has 0 aromatic carbocycles. The lowest BCUT2D eigenvalue weighted by molar-refractivity contribution is 0.0946. The molecule has 2 heterocycles. The highest BCUT2D eigenvalue weighted by Crippen LogP contribution is 2.24. The van der Waals surface area contributed by atoms with Crippen LogP contribution in [0.1, 0.15) is 22.5 Å². The van der Waals surface area contributed by atoms with Gasteiger partial charge >= 0.3 is 0 Å². The van der Waals surface area contributed by atoms with Crippen molar-refractivity contribution in [3.05, 3.63) is 35.7 Å². The number of amides is 1. The summed E-state index contributed by atoms with van der Waals surface area (Å²) in [5.41, 5.74) is 9.07. The monoisotopic (exact) mass is 274 g/mol. The summed E-state index contributed by atoms with van der Waals surface area (Å²) in [5.74, 6) is -0.0702. The molecule has 2 rings (SSSR count). The molecule has 0 radical (unpaired) electrons. The van der Waals surface area contributed by atoms with E-state index in [9.17, 15) is 4.79 Å². The number of hydrogen-bond acceptors (Lipinski definition) is 3. The Morgan fingerprint density at radius 2 is 2.15 bits per heavy atom. The van der Waals surface area contributed by atoms with Crippen LogP contribution in [0.3, 0.4) is 0 Å². The number of aromatic nitrogens is 1. The fourth-order valence-corrected chi connectivity index (χ4v) is 2.32. The first-order valence-corrected chi connectivity index (χ1v) is 6.80. The van der Waals surface area contributed by atoms with Crippen molar-refractivity contribution in [3.8, 4) is 0 Å². The Kier molecular flexibility index (Phi) is 4.29. The summed E-state index contributed by atoms with van der Waals surface area (Å²) >= 11 is 0. The van der Waals surface area contributed by atoms with Crippen molar-refractivity contribution < 1.29 is 4.79 Å². The van der Waals surface area contributed by atoms with Gasteiger partial charge < -0.3 is 20.4 Å². The number of anilines is 1. The Bertz CT molecular complexity index is 616. The van der Waals surface area contributed by atoms with Crippen LogP contribution in [0.25, 0.3) is 5.52 Å². The van der Waals surface area contributed by atoms with Gasteiger partial charge in [0, 0.05) is 18.3 Å². The third-order valence-corrected chi connectivity index (χ3v) is 3.42. The molecule has 0 saturated heterocycles. The van der Waals surface area contributed by atoms with Crippen LogP contribution in [-0.2, 0) is 0 Å². The Balaban J connectivity index is 2.16. The molecule has 108 valence electrons. The van der Waals surface area contributed by atoms with Crippen molar-refractivity contribution in [2.45, 2.75) is 13.3 Å². The molecule has 3 N–H and O–H groups in total. The Morgan fingerprint density at radius 1 is 1.40 bits per heavy atom. The van der Waals surface area contributed by atoms with E-state index in [-0.39, 0.29) is 5.91 Å². The lowest BCUT2D eigenvalue weighted by Crippen LogP contribution is -2.28. The van der Waals surface area contributed by atoms with Crippen LogP contribution in [-0.4, -0.2) is 42.4 Å². The van der Waals surface area contributed by atoms with E-state index in [0.29, 0.717) is 17.9 Å². The van der Waals surface area contributed by atoms with Crippen LogP contribution in [0.15, 0.2) is 24.4 Å². The molecule has 0 spiro atoms. The SMILES string of the molecule is Cc1c(N)c2ccccn2c1C(=O)NCCCN(C)C. The quantitative estimate of drug-likeness (QED) is 0.812. The van der Waals surface area contributed by atoms with E-state index < -0.39 is 0 Å². The highest BCUT2D eigenvalue weighted by molar-refractivity contribution is 5.99. The van der Waals surface area contributed by atoms with Gasteiger partial charge in [-0.05, 0) is 46.1 Å². The maximum atomic E-state index is 12.3. The maximum Gasteiger partial charge on any atom is 0.268 e. The van der Waals surface area contributed by atoms with E-state index in [4.69, 9.17) is 5.73 Å². The lowest BCUT2D eigenvalue weighted by atomic mass is 10.2. The van der Waals surface area contributed by atoms with Crippen LogP contribution >= 0.6 is 0 Å². The van der Waals surface area contributed by atoms with Gasteiger partial charge in [-0.1, -0.05) is 6.07 Å². The molecule has 2 aromatic rings. The van der Waals surface area contributed by atoms with Crippen molar-refractivity contribution in [2.24, 2.45) is 0 Å². The molecule has 0 fully saturated rings. The van der Waals surface area contributed by atoms with Crippen molar-refractivity contribution in [3.63, 3.8) is 0 Å². The van der Waals surface area contributed by atoms with Crippen molar-refractivity contribution in [2.75, 3.05) is 32.9 Å². The molecule has 2 aromatic heterocycles. The number of carbonyl (C=O) groups excluding carboxylic acids is 1. The van der Waals surface area contributed by atoms with Gasteiger partial charge in [0.2, 0.25) is 0 Å². The zero-order valence-corrected chi connectivity index (χ0v) is 12.3. The minimum absolute atomic E-state index is 0.0702. The van der Waals surface area contributed by atoms with Gasteiger partial charge in [-0.2, -0.15) is 0 Å². The molecule has 0 aliphatic heterocycles. The molecule has 0 saturated carbocycles. The highest BCUT2D eigenvalue weighted by atomic mass is 16.1. The number of rotatable bonds is 5.